The Labute approximate surface area is 172 Å². The van der Waals surface area contributed by atoms with Gasteiger partial charge in [0.15, 0.2) is 17.8 Å². The number of aliphatic hydroxyl groups is 3. The lowest BCUT2D eigenvalue weighted by molar-refractivity contribution is -0.239. The molecule has 10 heteroatoms. The number of aliphatic hydroxyl groups excluding tert-OH is 2. The van der Waals surface area contributed by atoms with E-state index in [1.54, 1.807) is 20.8 Å². The van der Waals surface area contributed by atoms with Gasteiger partial charge >= 0.3 is 17.9 Å². The summed E-state index contributed by atoms with van der Waals surface area (Å²) in [5, 5.41) is 34.8. The highest BCUT2D eigenvalue weighted by atomic mass is 16.8. The monoisotopic (exact) mass is 426 g/mol. The zero-order valence-corrected chi connectivity index (χ0v) is 16.8. The van der Waals surface area contributed by atoms with Crippen LogP contribution in [-0.4, -0.2) is 75.1 Å². The van der Waals surface area contributed by atoms with E-state index in [2.05, 4.69) is 0 Å². The molecule has 6 rings (SSSR count). The number of carbonyl (C=O) groups is 3. The van der Waals surface area contributed by atoms with Crippen molar-refractivity contribution in [2.24, 2.45) is 28.1 Å². The largest absolute Gasteiger partial charge is 0.459 e. The molecule has 0 aromatic heterocycles. The van der Waals surface area contributed by atoms with Crippen molar-refractivity contribution in [1.82, 2.24) is 0 Å². The molecule has 0 bridgehead atoms. The maximum Gasteiger partial charge on any atom is 0.343 e. The molecule has 0 amide bonds. The van der Waals surface area contributed by atoms with E-state index in [-0.39, 0.29) is 0 Å². The highest BCUT2D eigenvalue weighted by Gasteiger charge is 3.03. The Kier molecular flexibility index (Phi) is 2.80. The van der Waals surface area contributed by atoms with Crippen LogP contribution in [0.15, 0.2) is 0 Å². The third-order valence-corrected chi connectivity index (χ3v) is 8.66. The standard InChI is InChI=1S/C20H24O10/c1-6-12(23)28-11-9(21)18-8-5-7(16(2,3)4)17(18)10(22)13(24)29-15(17)30-20(18,14(25)27-8)19(6,11)26/h6-11,15,21-22,26H,5H2,1-4H3/t6-,7+,8?,9+,10+,11?,15?,17?,18+,19?,20?/m1/s1/i5T/t5-,6-,7+,8?,9+,10+,11?,15?,17?,18+,19?,20?. The Morgan fingerprint density at radius 3 is 2.40 bits per heavy atom. The van der Waals surface area contributed by atoms with Crippen LogP contribution in [0, 0.1) is 28.1 Å². The number of rotatable bonds is 0. The summed E-state index contributed by atoms with van der Waals surface area (Å²) < 4.78 is 31.3. The van der Waals surface area contributed by atoms with Crippen molar-refractivity contribution >= 4 is 17.9 Å². The molecule has 10 nitrogen and oxygen atoms in total. The number of hydrogen-bond acceptors (Lipinski definition) is 10. The van der Waals surface area contributed by atoms with Crippen LogP contribution < -0.4 is 0 Å². The lowest BCUT2D eigenvalue weighted by Crippen LogP contribution is -2.67. The topological polar surface area (TPSA) is 149 Å². The fourth-order valence-corrected chi connectivity index (χ4v) is 7.77. The molecule has 0 aromatic carbocycles. The highest BCUT2D eigenvalue weighted by Crippen LogP contribution is 2.84. The summed E-state index contributed by atoms with van der Waals surface area (Å²) in [6, 6.07) is 0. The molecular weight excluding hydrogens is 400 g/mol. The van der Waals surface area contributed by atoms with Crippen LogP contribution in [0.5, 0.6) is 0 Å². The Bertz CT molecular complexity index is 962. The van der Waals surface area contributed by atoms with E-state index in [4.69, 9.17) is 20.3 Å². The zero-order valence-electron chi connectivity index (χ0n) is 17.8. The molecule has 6 fully saturated rings. The average Bonchev–Trinajstić information content (AvgIpc) is 3.35. The van der Waals surface area contributed by atoms with E-state index in [0.717, 1.165) is 0 Å². The molecule has 4 aliphatic heterocycles. The summed E-state index contributed by atoms with van der Waals surface area (Å²) in [5.41, 5.74) is -9.15. The number of hydrogen-bond donors (Lipinski definition) is 3. The van der Waals surface area contributed by atoms with Crippen LogP contribution in [0.1, 0.15) is 35.5 Å². The summed E-state index contributed by atoms with van der Waals surface area (Å²) in [5.74, 6) is -5.01. The first-order valence-electron chi connectivity index (χ1n) is 10.7. The molecule has 30 heavy (non-hydrogen) atoms. The Hall–Kier alpha value is -1.75. The number of fused-ring (bicyclic) bond motifs is 1. The molecule has 0 radical (unpaired) electrons. The van der Waals surface area contributed by atoms with Gasteiger partial charge < -0.3 is 34.3 Å². The smallest absolute Gasteiger partial charge is 0.343 e. The van der Waals surface area contributed by atoms with Gasteiger partial charge in [-0.3, -0.25) is 4.79 Å². The molecule has 2 spiro atoms. The number of ether oxygens (including phenoxy) is 4. The van der Waals surface area contributed by atoms with E-state index >= 15 is 0 Å². The van der Waals surface area contributed by atoms with Crippen LogP contribution >= 0.6 is 0 Å². The predicted octanol–water partition coefficient (Wildman–Crippen LogP) is -1.37. The van der Waals surface area contributed by atoms with Gasteiger partial charge in [-0.15, -0.1) is 0 Å². The van der Waals surface area contributed by atoms with E-state index < -0.39 is 94.3 Å². The third-order valence-electron chi connectivity index (χ3n) is 8.66. The van der Waals surface area contributed by atoms with Crippen molar-refractivity contribution < 1.29 is 50.0 Å². The van der Waals surface area contributed by atoms with Crippen LogP contribution in [0.4, 0.5) is 0 Å². The second-order valence-electron chi connectivity index (χ2n) is 10.5. The summed E-state index contributed by atoms with van der Waals surface area (Å²) >= 11 is 0. The molecule has 6 aliphatic rings. The molecule has 12 atom stereocenters. The first kappa shape index (κ1) is 17.9. The predicted molar refractivity (Wildman–Crippen MR) is 92.0 cm³/mol. The van der Waals surface area contributed by atoms with Crippen molar-refractivity contribution in [2.75, 3.05) is 0 Å². The number of carbonyl (C=O) groups excluding carboxylic acids is 3. The first-order valence-corrected chi connectivity index (χ1v) is 10.1. The lowest BCUT2D eigenvalue weighted by atomic mass is 9.51. The maximum absolute atomic E-state index is 13.4. The SMILES string of the molecule is [3H][C@H]1C2OC(=O)C34OC5OC(=O)[C@H](O)C5([C@@H]1C(C)(C)C)[C@@]23[C@@H](O)C1OC(=O)[C@@H](C)C14O. The molecule has 2 aliphatic carbocycles. The quantitative estimate of drug-likeness (QED) is 0.313. The molecule has 6 unspecified atom stereocenters. The summed E-state index contributed by atoms with van der Waals surface area (Å²) in [4.78, 5) is 38.4. The highest BCUT2D eigenvalue weighted by molar-refractivity contribution is 5.94. The molecule has 0 aromatic rings. The second-order valence-corrected chi connectivity index (χ2v) is 10.5. The van der Waals surface area contributed by atoms with Gasteiger partial charge in [0.05, 0.1) is 16.7 Å². The molecule has 3 N–H and O–H groups in total. The van der Waals surface area contributed by atoms with Crippen LogP contribution in [0.25, 0.3) is 0 Å². The lowest BCUT2D eigenvalue weighted by Gasteiger charge is -2.47. The zero-order chi connectivity index (χ0) is 22.7. The normalized spacial score (nSPS) is 63.0. The molecule has 164 valence electrons. The fourth-order valence-electron chi connectivity index (χ4n) is 7.77. The molecule has 4 saturated heterocycles. The van der Waals surface area contributed by atoms with Crippen molar-refractivity contribution in [2.45, 2.75) is 76.0 Å². The van der Waals surface area contributed by atoms with Gasteiger partial charge in [0, 0.05) is 1.37 Å². The van der Waals surface area contributed by atoms with Crippen LogP contribution in [0.2, 0.25) is 0 Å². The minimum absolute atomic E-state index is 0.729. The van der Waals surface area contributed by atoms with Crippen molar-refractivity contribution in [3.8, 4) is 0 Å². The van der Waals surface area contributed by atoms with Crippen LogP contribution in [-0.2, 0) is 33.3 Å². The average molecular weight is 426 g/mol. The van der Waals surface area contributed by atoms with Gasteiger partial charge in [-0.25, -0.2) is 9.59 Å². The first-order chi connectivity index (χ1) is 14.3. The van der Waals surface area contributed by atoms with Crippen molar-refractivity contribution in [3.63, 3.8) is 0 Å². The molecule has 4 heterocycles. The molecular formula is C20H24O10. The summed E-state index contributed by atoms with van der Waals surface area (Å²) in [6.07, 6.45) is -9.18. The van der Waals surface area contributed by atoms with Gasteiger partial charge in [-0.1, -0.05) is 20.8 Å². The van der Waals surface area contributed by atoms with Crippen LogP contribution in [0.3, 0.4) is 0 Å². The van der Waals surface area contributed by atoms with E-state index in [0.29, 0.717) is 0 Å². The van der Waals surface area contributed by atoms with Crippen molar-refractivity contribution in [3.05, 3.63) is 0 Å². The van der Waals surface area contributed by atoms with Crippen molar-refractivity contribution in [1.29, 1.82) is 0 Å². The fraction of sp³-hybridized carbons (Fsp3) is 0.850. The van der Waals surface area contributed by atoms with E-state index in [9.17, 15) is 29.7 Å². The summed E-state index contributed by atoms with van der Waals surface area (Å²) in [6.45, 7) is 6.77. The van der Waals surface area contributed by atoms with Gasteiger partial charge in [-0.2, -0.15) is 0 Å². The Morgan fingerprint density at radius 1 is 1.10 bits per heavy atom. The number of esters is 3. The summed E-state index contributed by atoms with van der Waals surface area (Å²) in [7, 11) is 0. The van der Waals surface area contributed by atoms with Gasteiger partial charge in [0.1, 0.15) is 12.2 Å². The second kappa shape index (κ2) is 4.69. The Morgan fingerprint density at radius 2 is 1.77 bits per heavy atom. The van der Waals surface area contributed by atoms with E-state index in [1.165, 1.54) is 6.92 Å². The van der Waals surface area contributed by atoms with Gasteiger partial charge in [-0.05, 0) is 24.7 Å². The third kappa shape index (κ3) is 1.33. The Balaban J connectivity index is 1.75. The maximum atomic E-state index is 13.4. The van der Waals surface area contributed by atoms with E-state index in [1.807, 2.05) is 0 Å². The van der Waals surface area contributed by atoms with Gasteiger partial charge in [0.25, 0.3) is 0 Å². The van der Waals surface area contributed by atoms with Gasteiger partial charge in [0.2, 0.25) is 11.9 Å². The minimum atomic E-state index is -2.36. The molecule has 2 saturated carbocycles. The minimum Gasteiger partial charge on any atom is -0.459 e.